The highest BCUT2D eigenvalue weighted by atomic mass is 32.1. The molecule has 170 valence electrons. The predicted octanol–water partition coefficient (Wildman–Crippen LogP) is 5.80. The molecule has 0 spiro atoms. The molecule has 1 aliphatic heterocycles. The molecule has 0 unspecified atom stereocenters. The highest BCUT2D eigenvalue weighted by Gasteiger charge is 2.28. The van der Waals surface area contributed by atoms with Crippen LogP contribution in [0, 0.1) is 0 Å². The molecule has 6 heteroatoms. The first kappa shape index (κ1) is 23.0. The van der Waals surface area contributed by atoms with E-state index in [0.717, 1.165) is 42.9 Å². The van der Waals surface area contributed by atoms with E-state index < -0.39 is 0 Å². The van der Waals surface area contributed by atoms with Gasteiger partial charge in [-0.05, 0) is 36.6 Å². The van der Waals surface area contributed by atoms with Gasteiger partial charge in [0.05, 0.1) is 12.2 Å². The van der Waals surface area contributed by atoms with Gasteiger partial charge >= 0.3 is 5.97 Å². The number of nitrogens with zero attached hydrogens (tertiary/aromatic N) is 2. The fourth-order valence-corrected chi connectivity index (χ4v) is 5.14. The van der Waals surface area contributed by atoms with E-state index in [0.29, 0.717) is 23.8 Å². The first-order valence-electron chi connectivity index (χ1n) is 11.1. The van der Waals surface area contributed by atoms with Gasteiger partial charge in [0, 0.05) is 36.3 Å². The Labute approximate surface area is 199 Å². The van der Waals surface area contributed by atoms with Gasteiger partial charge in [0.15, 0.2) is 0 Å². The Kier molecular flexibility index (Phi) is 7.70. The van der Waals surface area contributed by atoms with Crippen LogP contribution in [0.5, 0.6) is 5.75 Å². The summed E-state index contributed by atoms with van der Waals surface area (Å²) in [6.45, 7) is 8.88. The van der Waals surface area contributed by atoms with Crippen molar-refractivity contribution in [3.63, 3.8) is 0 Å². The average molecular weight is 461 g/mol. The van der Waals surface area contributed by atoms with E-state index in [-0.39, 0.29) is 5.97 Å². The minimum atomic E-state index is -0.296. The smallest absolute Gasteiger partial charge is 0.341 e. The zero-order valence-electron chi connectivity index (χ0n) is 18.8. The van der Waals surface area contributed by atoms with Crippen LogP contribution in [-0.2, 0) is 24.2 Å². The van der Waals surface area contributed by atoms with E-state index in [1.807, 2.05) is 37.3 Å². The average Bonchev–Trinajstić information content (AvgIpc) is 3.20. The number of rotatable bonds is 9. The fraction of sp³-hybridized carbons (Fsp3) is 0.259. The number of hydrogen-bond acceptors (Lipinski definition) is 6. The maximum Gasteiger partial charge on any atom is 0.341 e. The minimum absolute atomic E-state index is 0.296. The van der Waals surface area contributed by atoms with Gasteiger partial charge in [-0.15, -0.1) is 11.3 Å². The molecule has 1 aliphatic rings. The Balaban J connectivity index is 1.62. The van der Waals surface area contributed by atoms with E-state index in [1.165, 1.54) is 10.4 Å². The third kappa shape index (κ3) is 5.59. The van der Waals surface area contributed by atoms with Gasteiger partial charge < -0.3 is 9.47 Å². The fourth-order valence-electron chi connectivity index (χ4n) is 3.92. The Bertz CT molecular complexity index is 1140. The van der Waals surface area contributed by atoms with Crippen LogP contribution in [-0.4, -0.2) is 36.8 Å². The maximum absolute atomic E-state index is 12.9. The number of thiophene rings is 1. The molecule has 33 heavy (non-hydrogen) atoms. The molecule has 0 saturated carbocycles. The van der Waals surface area contributed by atoms with Gasteiger partial charge in [-0.2, -0.15) is 0 Å². The van der Waals surface area contributed by atoms with Crippen molar-refractivity contribution in [2.45, 2.75) is 26.4 Å². The summed E-state index contributed by atoms with van der Waals surface area (Å²) < 4.78 is 11.1. The molecule has 0 N–H and O–H groups in total. The van der Waals surface area contributed by atoms with Crippen LogP contribution in [0.25, 0.3) is 0 Å². The summed E-state index contributed by atoms with van der Waals surface area (Å²) in [7, 11) is 0. The first-order valence-corrected chi connectivity index (χ1v) is 12.0. The number of fused-ring (bicyclic) bond motifs is 1. The molecule has 0 saturated heterocycles. The molecule has 5 nitrogen and oxygen atoms in total. The molecule has 0 aliphatic carbocycles. The van der Waals surface area contributed by atoms with Crippen molar-refractivity contribution in [3.05, 3.63) is 94.4 Å². The van der Waals surface area contributed by atoms with E-state index in [1.54, 1.807) is 23.6 Å². The lowest BCUT2D eigenvalue weighted by atomic mass is 10.0. The van der Waals surface area contributed by atoms with Crippen molar-refractivity contribution in [2.24, 2.45) is 4.99 Å². The van der Waals surface area contributed by atoms with E-state index >= 15 is 0 Å². The predicted molar refractivity (Wildman–Crippen MR) is 134 cm³/mol. The molecule has 3 aromatic rings. The van der Waals surface area contributed by atoms with Crippen molar-refractivity contribution in [1.29, 1.82) is 0 Å². The van der Waals surface area contributed by atoms with Gasteiger partial charge in [-0.3, -0.25) is 4.90 Å². The molecular weight excluding hydrogens is 432 g/mol. The highest BCUT2D eigenvalue weighted by Crippen LogP contribution is 2.40. The molecular formula is C27H28N2O3S. The largest absolute Gasteiger partial charge is 0.489 e. The van der Waals surface area contributed by atoms with E-state index in [2.05, 4.69) is 35.7 Å². The number of benzene rings is 2. The van der Waals surface area contributed by atoms with Crippen LogP contribution in [0.2, 0.25) is 0 Å². The monoisotopic (exact) mass is 460 g/mol. The molecule has 2 aromatic carbocycles. The lowest BCUT2D eigenvalue weighted by Crippen LogP contribution is -2.29. The lowest BCUT2D eigenvalue weighted by molar-refractivity contribution is 0.0526. The summed E-state index contributed by atoms with van der Waals surface area (Å²) in [4.78, 5) is 21.2. The van der Waals surface area contributed by atoms with Gasteiger partial charge in [0.1, 0.15) is 17.4 Å². The number of para-hydroxylation sites is 1. The molecule has 0 radical (unpaired) electrons. The summed E-state index contributed by atoms with van der Waals surface area (Å²) >= 11 is 1.58. The molecule has 0 amide bonds. The topological polar surface area (TPSA) is 51.1 Å². The normalized spacial score (nSPS) is 13.6. The Hall–Kier alpha value is -3.22. The van der Waals surface area contributed by atoms with Crippen LogP contribution < -0.4 is 4.74 Å². The number of esters is 1. The number of hydrogen-bond donors (Lipinski definition) is 0. The second-order valence-corrected chi connectivity index (χ2v) is 8.83. The summed E-state index contributed by atoms with van der Waals surface area (Å²) in [5.74, 6) is 0.434. The number of ether oxygens (including phenoxy) is 2. The van der Waals surface area contributed by atoms with E-state index in [4.69, 9.17) is 14.5 Å². The van der Waals surface area contributed by atoms with E-state index in [9.17, 15) is 4.79 Å². The van der Waals surface area contributed by atoms with Crippen LogP contribution in [0.15, 0.2) is 72.2 Å². The first-order chi connectivity index (χ1) is 16.2. The second kappa shape index (κ2) is 11.1. The molecule has 4 rings (SSSR count). The van der Waals surface area contributed by atoms with Crippen molar-refractivity contribution in [3.8, 4) is 5.75 Å². The third-order valence-electron chi connectivity index (χ3n) is 5.44. The van der Waals surface area contributed by atoms with Crippen molar-refractivity contribution >= 4 is 28.5 Å². The Morgan fingerprint density at radius 3 is 2.76 bits per heavy atom. The Morgan fingerprint density at radius 2 is 1.97 bits per heavy atom. The molecule has 0 atom stereocenters. The standard InChI is InChI=1S/C27H28N2O3S/c1-3-16-32-23-13-9-8-12-21(23)17-28-26-25(27(30)31-4-2)22-14-15-29(19-24(22)33-26)18-20-10-6-5-7-11-20/h3,5-13,17H,1,4,14-16,18-19H2,2H3. The minimum Gasteiger partial charge on any atom is -0.489 e. The third-order valence-corrected chi connectivity index (χ3v) is 6.57. The van der Waals surface area contributed by atoms with Crippen LogP contribution in [0.3, 0.4) is 0 Å². The summed E-state index contributed by atoms with van der Waals surface area (Å²) in [6.07, 6.45) is 4.28. The summed E-state index contributed by atoms with van der Waals surface area (Å²) in [6, 6.07) is 18.2. The summed E-state index contributed by atoms with van der Waals surface area (Å²) in [5, 5.41) is 0.693. The maximum atomic E-state index is 12.9. The highest BCUT2D eigenvalue weighted by molar-refractivity contribution is 7.16. The number of carbonyl (C=O) groups excluding carboxylic acids is 1. The van der Waals surface area contributed by atoms with Gasteiger partial charge in [-0.1, -0.05) is 55.1 Å². The second-order valence-electron chi connectivity index (χ2n) is 7.75. The van der Waals surface area contributed by atoms with Crippen molar-refractivity contribution in [2.75, 3.05) is 19.8 Å². The summed E-state index contributed by atoms with van der Waals surface area (Å²) in [5.41, 5.74) is 3.83. The molecule has 1 aromatic heterocycles. The van der Waals surface area contributed by atoms with Gasteiger partial charge in [0.2, 0.25) is 0 Å². The van der Waals surface area contributed by atoms with Gasteiger partial charge in [0.25, 0.3) is 0 Å². The number of aliphatic imine (C=N–C) groups is 1. The zero-order chi connectivity index (χ0) is 23.0. The number of carbonyl (C=O) groups is 1. The molecule has 0 bridgehead atoms. The SMILES string of the molecule is C=CCOc1ccccc1C=Nc1sc2c(c1C(=O)OCC)CCN(Cc1ccccc1)C2. The van der Waals surface area contributed by atoms with Crippen LogP contribution >= 0.6 is 11.3 Å². The van der Waals surface area contributed by atoms with Crippen molar-refractivity contribution in [1.82, 2.24) is 4.90 Å². The van der Waals surface area contributed by atoms with Gasteiger partial charge in [-0.25, -0.2) is 9.79 Å². The molecule has 2 heterocycles. The Morgan fingerprint density at radius 1 is 1.18 bits per heavy atom. The lowest BCUT2D eigenvalue weighted by Gasteiger charge is -2.27. The zero-order valence-corrected chi connectivity index (χ0v) is 19.6. The van der Waals surface area contributed by atoms with Crippen molar-refractivity contribution < 1.29 is 14.3 Å². The quantitative estimate of drug-likeness (QED) is 0.230. The van der Waals surface area contributed by atoms with Crippen LogP contribution in [0.4, 0.5) is 5.00 Å². The van der Waals surface area contributed by atoms with Crippen LogP contribution in [0.1, 0.15) is 38.8 Å². The molecule has 0 fully saturated rings.